The standard InChI is InChI=1S/C18H24N4O2/c1-3-19-18(20-12-14-7-8-22(2)13-14)21-15-5-6-16-17(11-15)24-10-4-9-23-16/h5-8,11,13H,3-4,9-10,12H2,1-2H3,(H2,19,20,21). The quantitative estimate of drug-likeness (QED) is 0.669. The molecule has 2 heterocycles. The van der Waals surface area contributed by atoms with E-state index in [0.29, 0.717) is 19.8 Å². The monoisotopic (exact) mass is 328 g/mol. The Labute approximate surface area is 142 Å². The van der Waals surface area contributed by atoms with Crippen molar-refractivity contribution in [1.82, 2.24) is 9.88 Å². The smallest absolute Gasteiger partial charge is 0.196 e. The van der Waals surface area contributed by atoms with E-state index in [1.165, 1.54) is 5.56 Å². The van der Waals surface area contributed by atoms with Crippen LogP contribution >= 0.6 is 0 Å². The Morgan fingerprint density at radius 3 is 2.79 bits per heavy atom. The van der Waals surface area contributed by atoms with Gasteiger partial charge in [0.05, 0.1) is 19.8 Å². The van der Waals surface area contributed by atoms with Crippen LogP contribution in [0.3, 0.4) is 0 Å². The summed E-state index contributed by atoms with van der Waals surface area (Å²) < 4.78 is 13.4. The number of aromatic nitrogens is 1. The zero-order valence-electron chi connectivity index (χ0n) is 14.2. The highest BCUT2D eigenvalue weighted by Crippen LogP contribution is 2.32. The average Bonchev–Trinajstić information content (AvgIpc) is 2.85. The topological polar surface area (TPSA) is 59.8 Å². The molecule has 0 bridgehead atoms. The molecule has 0 unspecified atom stereocenters. The minimum Gasteiger partial charge on any atom is -0.490 e. The molecule has 0 radical (unpaired) electrons. The summed E-state index contributed by atoms with van der Waals surface area (Å²) in [6, 6.07) is 7.93. The molecule has 6 nitrogen and oxygen atoms in total. The lowest BCUT2D eigenvalue weighted by Gasteiger charge is -2.13. The molecule has 1 aliphatic rings. The molecule has 0 saturated carbocycles. The lowest BCUT2D eigenvalue weighted by Crippen LogP contribution is -2.30. The molecule has 1 aromatic carbocycles. The second-order valence-electron chi connectivity index (χ2n) is 5.72. The summed E-state index contributed by atoms with van der Waals surface area (Å²) in [5.41, 5.74) is 2.10. The van der Waals surface area contributed by atoms with Crippen molar-refractivity contribution < 1.29 is 9.47 Å². The molecule has 1 aromatic heterocycles. The Bertz CT molecular complexity index is 709. The van der Waals surface area contributed by atoms with E-state index in [-0.39, 0.29) is 0 Å². The number of rotatable bonds is 4. The molecule has 1 aliphatic heterocycles. The van der Waals surface area contributed by atoms with Gasteiger partial charge in [-0.25, -0.2) is 4.99 Å². The number of aliphatic imine (C=N–C) groups is 1. The average molecular weight is 328 g/mol. The van der Waals surface area contributed by atoms with E-state index in [1.807, 2.05) is 42.9 Å². The number of hydrogen-bond donors (Lipinski definition) is 2. The maximum Gasteiger partial charge on any atom is 0.196 e. The number of nitrogens with one attached hydrogen (secondary N) is 2. The van der Waals surface area contributed by atoms with Gasteiger partial charge in [-0.2, -0.15) is 0 Å². The lowest BCUT2D eigenvalue weighted by atomic mass is 10.2. The first-order valence-corrected chi connectivity index (χ1v) is 8.30. The third-order valence-corrected chi connectivity index (χ3v) is 3.67. The van der Waals surface area contributed by atoms with E-state index in [1.54, 1.807) is 0 Å². The SMILES string of the molecule is CCNC(=NCc1ccn(C)c1)Nc1ccc2c(c1)OCCCO2. The van der Waals surface area contributed by atoms with Crippen LogP contribution in [-0.2, 0) is 13.6 Å². The zero-order valence-corrected chi connectivity index (χ0v) is 14.2. The number of fused-ring (bicyclic) bond motifs is 1. The van der Waals surface area contributed by atoms with Gasteiger partial charge in [0, 0.05) is 44.2 Å². The highest BCUT2D eigenvalue weighted by atomic mass is 16.5. The van der Waals surface area contributed by atoms with Gasteiger partial charge in [-0.15, -0.1) is 0 Å². The fraction of sp³-hybridized carbons (Fsp3) is 0.389. The van der Waals surface area contributed by atoms with Gasteiger partial charge >= 0.3 is 0 Å². The van der Waals surface area contributed by atoms with Crippen LogP contribution in [0.2, 0.25) is 0 Å². The molecule has 0 amide bonds. The summed E-state index contributed by atoms with van der Waals surface area (Å²) in [6.45, 7) is 4.85. The minimum atomic E-state index is 0.626. The van der Waals surface area contributed by atoms with Gasteiger partial charge in [-0.3, -0.25) is 0 Å². The van der Waals surface area contributed by atoms with Gasteiger partial charge < -0.3 is 24.7 Å². The van der Waals surface area contributed by atoms with E-state index in [9.17, 15) is 0 Å². The third kappa shape index (κ3) is 4.22. The first-order chi connectivity index (χ1) is 11.7. The second-order valence-corrected chi connectivity index (χ2v) is 5.72. The molecule has 0 spiro atoms. The van der Waals surface area contributed by atoms with Crippen molar-refractivity contribution in [2.24, 2.45) is 12.0 Å². The molecule has 128 valence electrons. The summed E-state index contributed by atoms with van der Waals surface area (Å²) in [5, 5.41) is 6.58. The molecule has 0 atom stereocenters. The van der Waals surface area contributed by atoms with Crippen molar-refractivity contribution in [3.63, 3.8) is 0 Å². The number of guanidine groups is 1. The predicted molar refractivity (Wildman–Crippen MR) is 95.9 cm³/mol. The molecule has 0 fully saturated rings. The summed E-state index contributed by atoms with van der Waals surface area (Å²) in [5.74, 6) is 2.32. The Hall–Kier alpha value is -2.63. The second kappa shape index (κ2) is 7.77. The fourth-order valence-electron chi connectivity index (χ4n) is 2.51. The van der Waals surface area contributed by atoms with Crippen LogP contribution in [0.1, 0.15) is 18.9 Å². The Kier molecular flexibility index (Phi) is 5.25. The van der Waals surface area contributed by atoms with Gasteiger partial charge in [0.2, 0.25) is 0 Å². The van der Waals surface area contributed by atoms with Crippen molar-refractivity contribution in [3.8, 4) is 11.5 Å². The van der Waals surface area contributed by atoms with Crippen molar-refractivity contribution in [3.05, 3.63) is 42.2 Å². The molecule has 24 heavy (non-hydrogen) atoms. The highest BCUT2D eigenvalue weighted by molar-refractivity contribution is 5.93. The number of anilines is 1. The van der Waals surface area contributed by atoms with Gasteiger partial charge in [0.15, 0.2) is 17.5 Å². The van der Waals surface area contributed by atoms with E-state index in [2.05, 4.69) is 27.9 Å². The van der Waals surface area contributed by atoms with Crippen LogP contribution in [0.25, 0.3) is 0 Å². The van der Waals surface area contributed by atoms with E-state index in [0.717, 1.165) is 36.1 Å². The molecule has 2 aromatic rings. The van der Waals surface area contributed by atoms with Gasteiger partial charge in [0.1, 0.15) is 0 Å². The van der Waals surface area contributed by atoms with Crippen molar-refractivity contribution in [2.75, 3.05) is 25.1 Å². The largest absolute Gasteiger partial charge is 0.490 e. The van der Waals surface area contributed by atoms with Crippen LogP contribution in [0.15, 0.2) is 41.7 Å². The molecular formula is C18H24N4O2. The number of aryl methyl sites for hydroxylation is 1. The molecule has 6 heteroatoms. The van der Waals surface area contributed by atoms with Crippen LogP contribution in [0.5, 0.6) is 11.5 Å². The van der Waals surface area contributed by atoms with Crippen molar-refractivity contribution in [2.45, 2.75) is 19.9 Å². The minimum absolute atomic E-state index is 0.626. The molecular weight excluding hydrogens is 304 g/mol. The number of benzene rings is 1. The summed E-state index contributed by atoms with van der Waals surface area (Å²) in [4.78, 5) is 4.63. The number of nitrogens with zero attached hydrogens (tertiary/aromatic N) is 2. The fourth-order valence-corrected chi connectivity index (χ4v) is 2.51. The molecule has 2 N–H and O–H groups in total. The Morgan fingerprint density at radius 2 is 2.04 bits per heavy atom. The normalized spacial score (nSPS) is 14.2. The summed E-state index contributed by atoms with van der Waals surface area (Å²) >= 11 is 0. The maximum atomic E-state index is 5.73. The van der Waals surface area contributed by atoms with Crippen LogP contribution in [0.4, 0.5) is 5.69 Å². The Balaban J connectivity index is 1.71. The third-order valence-electron chi connectivity index (χ3n) is 3.67. The number of hydrogen-bond acceptors (Lipinski definition) is 3. The Morgan fingerprint density at radius 1 is 1.21 bits per heavy atom. The summed E-state index contributed by atoms with van der Waals surface area (Å²) in [7, 11) is 2.01. The molecule has 0 saturated heterocycles. The maximum absolute atomic E-state index is 5.73. The first-order valence-electron chi connectivity index (χ1n) is 8.30. The van der Waals surface area contributed by atoms with Crippen LogP contribution in [0, 0.1) is 0 Å². The van der Waals surface area contributed by atoms with E-state index in [4.69, 9.17) is 9.47 Å². The van der Waals surface area contributed by atoms with E-state index < -0.39 is 0 Å². The van der Waals surface area contributed by atoms with Crippen molar-refractivity contribution in [1.29, 1.82) is 0 Å². The number of ether oxygens (including phenoxy) is 2. The summed E-state index contributed by atoms with van der Waals surface area (Å²) in [6.07, 6.45) is 4.99. The molecule has 3 rings (SSSR count). The molecule has 0 aliphatic carbocycles. The zero-order chi connectivity index (χ0) is 16.8. The van der Waals surface area contributed by atoms with Crippen LogP contribution < -0.4 is 20.1 Å². The van der Waals surface area contributed by atoms with Gasteiger partial charge in [-0.05, 0) is 30.7 Å². The predicted octanol–water partition coefficient (Wildman–Crippen LogP) is 2.76. The van der Waals surface area contributed by atoms with Gasteiger partial charge in [0.25, 0.3) is 0 Å². The van der Waals surface area contributed by atoms with E-state index >= 15 is 0 Å². The highest BCUT2D eigenvalue weighted by Gasteiger charge is 2.11. The van der Waals surface area contributed by atoms with Crippen molar-refractivity contribution >= 4 is 11.6 Å². The first kappa shape index (κ1) is 16.2. The van der Waals surface area contributed by atoms with Gasteiger partial charge in [-0.1, -0.05) is 0 Å². The van der Waals surface area contributed by atoms with Crippen LogP contribution in [-0.4, -0.2) is 30.3 Å². The lowest BCUT2D eigenvalue weighted by molar-refractivity contribution is 0.297.